The molecule has 3 heterocycles. The highest BCUT2D eigenvalue weighted by Gasteiger charge is 2.32. The monoisotopic (exact) mass is 417 g/mol. The van der Waals surface area contributed by atoms with E-state index < -0.39 is 0 Å². The average molecular weight is 418 g/mol. The van der Waals surface area contributed by atoms with E-state index in [4.69, 9.17) is 9.47 Å². The molecule has 0 saturated carbocycles. The lowest BCUT2D eigenvalue weighted by Crippen LogP contribution is -2.47. The highest BCUT2D eigenvalue weighted by molar-refractivity contribution is 7.17. The molecule has 1 fully saturated rings. The maximum Gasteiger partial charge on any atom is 0.230 e. The Bertz CT molecular complexity index is 994. The van der Waals surface area contributed by atoms with Gasteiger partial charge in [0.2, 0.25) is 10.8 Å². The van der Waals surface area contributed by atoms with Gasteiger partial charge in [0.1, 0.15) is 5.82 Å². The number of thiazole rings is 1. The fourth-order valence-electron chi connectivity index (χ4n) is 3.91. The molecule has 29 heavy (non-hydrogen) atoms. The Labute approximate surface area is 174 Å². The van der Waals surface area contributed by atoms with Crippen molar-refractivity contribution < 1.29 is 14.6 Å². The van der Waals surface area contributed by atoms with Crippen LogP contribution in [0.2, 0.25) is 0 Å². The first-order valence-corrected chi connectivity index (χ1v) is 10.6. The van der Waals surface area contributed by atoms with Crippen molar-refractivity contribution in [2.45, 2.75) is 19.9 Å². The van der Waals surface area contributed by atoms with Crippen molar-refractivity contribution in [3.05, 3.63) is 34.5 Å². The Hall–Kier alpha value is -2.36. The molecule has 9 heteroatoms. The number of aryl methyl sites for hydroxylation is 1. The van der Waals surface area contributed by atoms with Crippen molar-refractivity contribution in [2.24, 2.45) is 0 Å². The van der Waals surface area contributed by atoms with E-state index in [1.165, 1.54) is 15.9 Å². The zero-order valence-corrected chi connectivity index (χ0v) is 18.1. The Morgan fingerprint density at radius 3 is 2.48 bits per heavy atom. The second-order valence-electron chi connectivity index (χ2n) is 7.13. The molecule has 0 amide bonds. The third kappa shape index (κ3) is 3.65. The number of likely N-dealkylation sites (N-methyl/N-ethyl adjacent to an activating group) is 1. The van der Waals surface area contributed by atoms with Crippen molar-refractivity contribution >= 4 is 16.3 Å². The molecule has 1 N–H and O–H groups in total. The SMILES string of the molecule is CCN1CCN(C(c2ccc(OC)c(OC)c2)c2sc3nc(C)nn3c2O)CC1. The number of hydrogen-bond acceptors (Lipinski definition) is 8. The van der Waals surface area contributed by atoms with Gasteiger partial charge in [0.25, 0.3) is 0 Å². The molecule has 1 unspecified atom stereocenters. The van der Waals surface area contributed by atoms with Gasteiger partial charge in [0.15, 0.2) is 11.5 Å². The summed E-state index contributed by atoms with van der Waals surface area (Å²) in [5, 5.41) is 15.3. The molecule has 8 nitrogen and oxygen atoms in total. The molecule has 1 aromatic carbocycles. The summed E-state index contributed by atoms with van der Waals surface area (Å²) in [6, 6.07) is 5.85. The van der Waals surface area contributed by atoms with Gasteiger partial charge in [-0.1, -0.05) is 24.3 Å². The first-order valence-electron chi connectivity index (χ1n) is 9.79. The van der Waals surface area contributed by atoms with Gasteiger partial charge in [-0.25, -0.2) is 4.98 Å². The van der Waals surface area contributed by atoms with E-state index in [0.717, 1.165) is 43.2 Å². The summed E-state index contributed by atoms with van der Waals surface area (Å²) in [6.45, 7) is 8.90. The third-order valence-corrected chi connectivity index (χ3v) is 6.57. The quantitative estimate of drug-likeness (QED) is 0.661. The fourth-order valence-corrected chi connectivity index (χ4v) is 5.08. The molecule has 0 radical (unpaired) electrons. The molecule has 1 saturated heterocycles. The van der Waals surface area contributed by atoms with Crippen LogP contribution in [0.15, 0.2) is 18.2 Å². The summed E-state index contributed by atoms with van der Waals surface area (Å²) in [4.78, 5) is 10.8. The summed E-state index contributed by atoms with van der Waals surface area (Å²) in [5.74, 6) is 2.17. The summed E-state index contributed by atoms with van der Waals surface area (Å²) in [6.07, 6.45) is 0. The first-order chi connectivity index (χ1) is 14.0. The van der Waals surface area contributed by atoms with Gasteiger partial charge in [-0.15, -0.1) is 5.10 Å². The lowest BCUT2D eigenvalue weighted by Gasteiger charge is -2.38. The number of aromatic nitrogens is 3. The van der Waals surface area contributed by atoms with Crippen LogP contribution < -0.4 is 9.47 Å². The number of methoxy groups -OCH3 is 2. The molecule has 1 aliphatic heterocycles. The molecule has 156 valence electrons. The molecule has 1 atom stereocenters. The Morgan fingerprint density at radius 2 is 1.86 bits per heavy atom. The molecular formula is C20H27N5O3S. The number of ether oxygens (including phenoxy) is 2. The summed E-state index contributed by atoms with van der Waals surface area (Å²) < 4.78 is 12.5. The smallest absolute Gasteiger partial charge is 0.230 e. The van der Waals surface area contributed by atoms with Crippen LogP contribution in [0.4, 0.5) is 0 Å². The minimum Gasteiger partial charge on any atom is -0.493 e. The van der Waals surface area contributed by atoms with E-state index in [2.05, 4.69) is 26.8 Å². The zero-order chi connectivity index (χ0) is 20.5. The number of fused-ring (bicyclic) bond motifs is 1. The molecule has 3 aromatic rings. The molecule has 1 aliphatic rings. The van der Waals surface area contributed by atoms with Crippen molar-refractivity contribution in [3.8, 4) is 17.4 Å². The van der Waals surface area contributed by atoms with Gasteiger partial charge in [0.05, 0.1) is 25.1 Å². The van der Waals surface area contributed by atoms with Crippen LogP contribution in [0.5, 0.6) is 17.4 Å². The normalized spacial score (nSPS) is 17.0. The van der Waals surface area contributed by atoms with Crippen LogP contribution >= 0.6 is 11.3 Å². The number of nitrogens with zero attached hydrogens (tertiary/aromatic N) is 5. The van der Waals surface area contributed by atoms with Crippen molar-refractivity contribution in [1.82, 2.24) is 24.4 Å². The summed E-state index contributed by atoms with van der Waals surface area (Å²) >= 11 is 1.48. The minimum atomic E-state index is -0.109. The van der Waals surface area contributed by atoms with Gasteiger partial charge < -0.3 is 19.5 Å². The Balaban J connectivity index is 1.79. The number of hydrogen-bond donors (Lipinski definition) is 1. The van der Waals surface area contributed by atoms with E-state index in [1.807, 2.05) is 25.1 Å². The lowest BCUT2D eigenvalue weighted by molar-refractivity contribution is 0.113. The van der Waals surface area contributed by atoms with Crippen LogP contribution in [-0.2, 0) is 0 Å². The van der Waals surface area contributed by atoms with Gasteiger partial charge >= 0.3 is 0 Å². The highest BCUT2D eigenvalue weighted by Crippen LogP contribution is 2.42. The number of piperazine rings is 1. The highest BCUT2D eigenvalue weighted by atomic mass is 32.1. The first kappa shape index (κ1) is 19.9. The van der Waals surface area contributed by atoms with Gasteiger partial charge in [-0.2, -0.15) is 4.52 Å². The average Bonchev–Trinajstić information content (AvgIpc) is 3.25. The van der Waals surface area contributed by atoms with Gasteiger partial charge in [-0.3, -0.25) is 4.90 Å². The molecular weight excluding hydrogens is 390 g/mol. The van der Waals surface area contributed by atoms with Crippen LogP contribution in [0.25, 0.3) is 4.96 Å². The molecule has 0 spiro atoms. The standard InChI is InChI=1S/C20H27N5O3S/c1-5-23-8-10-24(11-9-23)17(14-6-7-15(27-3)16(12-14)28-4)18-19(26)25-20(29-18)21-13(2)22-25/h6-7,12,17,26H,5,8-11H2,1-4H3. The van der Waals surface area contributed by atoms with E-state index >= 15 is 0 Å². The summed E-state index contributed by atoms with van der Waals surface area (Å²) in [5.41, 5.74) is 1.05. The zero-order valence-electron chi connectivity index (χ0n) is 17.3. The van der Waals surface area contributed by atoms with Gasteiger partial charge in [0, 0.05) is 26.2 Å². The second-order valence-corrected chi connectivity index (χ2v) is 8.14. The molecule has 0 bridgehead atoms. The number of rotatable bonds is 6. The van der Waals surface area contributed by atoms with Crippen LogP contribution in [0.1, 0.15) is 29.2 Å². The molecule has 2 aromatic heterocycles. The Morgan fingerprint density at radius 1 is 1.14 bits per heavy atom. The van der Waals surface area contributed by atoms with E-state index in [9.17, 15) is 5.11 Å². The van der Waals surface area contributed by atoms with Crippen molar-refractivity contribution in [3.63, 3.8) is 0 Å². The Kier molecular flexibility index (Phi) is 5.62. The molecule has 0 aliphatic carbocycles. The molecule has 4 rings (SSSR count). The predicted octanol–water partition coefficient (Wildman–Crippen LogP) is 2.55. The van der Waals surface area contributed by atoms with E-state index in [-0.39, 0.29) is 11.9 Å². The van der Waals surface area contributed by atoms with Crippen LogP contribution in [0.3, 0.4) is 0 Å². The summed E-state index contributed by atoms with van der Waals surface area (Å²) in [7, 11) is 3.27. The van der Waals surface area contributed by atoms with Gasteiger partial charge in [-0.05, 0) is 31.2 Å². The van der Waals surface area contributed by atoms with Crippen molar-refractivity contribution in [1.29, 1.82) is 0 Å². The second kappa shape index (κ2) is 8.17. The minimum absolute atomic E-state index is 0.109. The number of benzene rings is 1. The van der Waals surface area contributed by atoms with Crippen LogP contribution in [0, 0.1) is 6.92 Å². The topological polar surface area (TPSA) is 75.4 Å². The largest absolute Gasteiger partial charge is 0.493 e. The van der Waals surface area contributed by atoms with E-state index in [1.54, 1.807) is 14.2 Å². The fraction of sp³-hybridized carbons (Fsp3) is 0.500. The third-order valence-electron chi connectivity index (χ3n) is 5.50. The predicted molar refractivity (Wildman–Crippen MR) is 112 cm³/mol. The maximum atomic E-state index is 11.0. The lowest BCUT2D eigenvalue weighted by atomic mass is 10.0. The van der Waals surface area contributed by atoms with E-state index in [0.29, 0.717) is 22.3 Å². The van der Waals surface area contributed by atoms with Crippen LogP contribution in [-0.4, -0.2) is 76.4 Å². The number of aromatic hydroxyl groups is 1. The van der Waals surface area contributed by atoms with Crippen molar-refractivity contribution in [2.75, 3.05) is 46.9 Å². The maximum absolute atomic E-state index is 11.0.